The van der Waals surface area contributed by atoms with Crippen molar-refractivity contribution in [2.45, 2.75) is 88.4 Å². The molecule has 4 heterocycles. The maximum Gasteiger partial charge on any atom is 0.264 e. The fraction of sp³-hybridized carbons (Fsp3) is 0.475. The molecular formula is C40H48ClN3O6Si. The van der Waals surface area contributed by atoms with E-state index in [4.69, 9.17) is 21.1 Å². The van der Waals surface area contributed by atoms with Gasteiger partial charge in [0.25, 0.3) is 5.91 Å². The Bertz CT molecular complexity index is 1820. The minimum absolute atomic E-state index is 0.0528. The molecule has 270 valence electrons. The number of rotatable bonds is 9. The minimum Gasteiger partial charge on any atom is -0.497 e. The van der Waals surface area contributed by atoms with Gasteiger partial charge in [0.05, 0.1) is 52.6 Å². The number of carbonyl (C=O) groups is 3. The predicted octanol–water partition coefficient (Wildman–Crippen LogP) is 6.00. The number of nitrogens with zero attached hydrogens (tertiary/aromatic N) is 3. The average Bonchev–Trinajstić information content (AvgIpc) is 3.79. The average molecular weight is 730 g/mol. The van der Waals surface area contributed by atoms with E-state index in [1.165, 1.54) is 5.19 Å². The molecule has 0 radical (unpaired) electrons. The largest absolute Gasteiger partial charge is 0.497 e. The molecule has 9 nitrogen and oxygen atoms in total. The Hall–Kier alpha value is -3.70. The molecule has 3 fully saturated rings. The van der Waals surface area contributed by atoms with Gasteiger partial charge in [-0.1, -0.05) is 61.1 Å². The van der Waals surface area contributed by atoms with Crippen LogP contribution in [0.5, 0.6) is 5.75 Å². The van der Waals surface area contributed by atoms with Gasteiger partial charge in [0.15, 0.2) is 5.60 Å². The summed E-state index contributed by atoms with van der Waals surface area (Å²) in [6.45, 7) is 8.22. The van der Waals surface area contributed by atoms with Gasteiger partial charge >= 0.3 is 0 Å². The second-order valence-corrected chi connectivity index (χ2v) is 20.3. The van der Waals surface area contributed by atoms with E-state index in [0.717, 1.165) is 53.9 Å². The van der Waals surface area contributed by atoms with Gasteiger partial charge in [-0.05, 0) is 79.3 Å². The molecule has 5 atom stereocenters. The first-order valence-electron chi connectivity index (χ1n) is 18.2. The summed E-state index contributed by atoms with van der Waals surface area (Å²) in [5.41, 5.74) is 1.75. The highest BCUT2D eigenvalue weighted by atomic mass is 35.5. The summed E-state index contributed by atoms with van der Waals surface area (Å²) in [7, 11) is -0.819. The summed E-state index contributed by atoms with van der Waals surface area (Å²) in [6, 6.07) is 21.4. The summed E-state index contributed by atoms with van der Waals surface area (Å²) in [6.07, 6.45) is 3.62. The Morgan fingerprint density at radius 3 is 2.55 bits per heavy atom. The van der Waals surface area contributed by atoms with E-state index in [0.29, 0.717) is 31.1 Å². The molecule has 3 saturated heterocycles. The maximum atomic E-state index is 15.2. The Morgan fingerprint density at radius 1 is 1.04 bits per heavy atom. The fourth-order valence-electron chi connectivity index (χ4n) is 9.37. The highest BCUT2D eigenvalue weighted by molar-refractivity contribution is 6.91. The lowest BCUT2D eigenvalue weighted by molar-refractivity contribution is -0.150. The Kier molecular flexibility index (Phi) is 9.81. The van der Waals surface area contributed by atoms with E-state index in [1.54, 1.807) is 23.0 Å². The number of likely N-dealkylation sites (tertiary alicyclic amines) is 1. The molecule has 3 amide bonds. The van der Waals surface area contributed by atoms with Crippen LogP contribution in [0.2, 0.25) is 23.7 Å². The van der Waals surface area contributed by atoms with Gasteiger partial charge in [-0.15, -0.1) is 0 Å². The number of aliphatic hydroxyl groups excluding tert-OH is 1. The molecule has 51 heavy (non-hydrogen) atoms. The summed E-state index contributed by atoms with van der Waals surface area (Å²) in [5.74, 6) is 0.379. The topological polar surface area (TPSA) is 99.6 Å². The number of benzene rings is 3. The summed E-state index contributed by atoms with van der Waals surface area (Å²) in [5, 5.41) is 11.7. The van der Waals surface area contributed by atoms with Crippen LogP contribution < -0.4 is 19.7 Å². The van der Waals surface area contributed by atoms with Crippen molar-refractivity contribution in [2.24, 2.45) is 5.92 Å². The third-order valence-electron chi connectivity index (χ3n) is 12.0. The van der Waals surface area contributed by atoms with Crippen LogP contribution in [0.3, 0.4) is 0 Å². The van der Waals surface area contributed by atoms with E-state index in [1.807, 2.05) is 53.4 Å². The van der Waals surface area contributed by atoms with E-state index in [9.17, 15) is 14.7 Å². The highest BCUT2D eigenvalue weighted by Gasteiger charge is 2.66. The van der Waals surface area contributed by atoms with Gasteiger partial charge in [0, 0.05) is 41.7 Å². The lowest BCUT2D eigenvalue weighted by atomic mass is 9.82. The normalized spacial score (nSPS) is 26.4. The van der Waals surface area contributed by atoms with Crippen molar-refractivity contribution < 1.29 is 29.0 Å². The number of carbonyl (C=O) groups excluding carboxylic acids is 3. The summed E-state index contributed by atoms with van der Waals surface area (Å²) in [4.78, 5) is 47.4. The molecule has 1 spiro atoms. The molecule has 11 heteroatoms. The molecule has 0 saturated carbocycles. The second-order valence-electron chi connectivity index (χ2n) is 15.2. The zero-order valence-electron chi connectivity index (χ0n) is 29.9. The van der Waals surface area contributed by atoms with Crippen LogP contribution in [0, 0.1) is 5.92 Å². The monoisotopic (exact) mass is 729 g/mol. The highest BCUT2D eigenvalue weighted by Crippen LogP contribution is 2.60. The van der Waals surface area contributed by atoms with Crippen LogP contribution in [0.4, 0.5) is 11.4 Å². The van der Waals surface area contributed by atoms with Gasteiger partial charge in [-0.2, -0.15) is 0 Å². The molecule has 0 aromatic heterocycles. The predicted molar refractivity (Wildman–Crippen MR) is 201 cm³/mol. The van der Waals surface area contributed by atoms with Crippen molar-refractivity contribution in [3.05, 3.63) is 82.9 Å². The van der Waals surface area contributed by atoms with Crippen LogP contribution in [0.1, 0.15) is 56.6 Å². The Morgan fingerprint density at radius 2 is 1.82 bits per heavy atom. The zero-order valence-corrected chi connectivity index (χ0v) is 31.7. The molecule has 4 aliphatic rings. The molecule has 4 aliphatic heterocycles. The Balaban J connectivity index is 1.28. The van der Waals surface area contributed by atoms with Crippen LogP contribution in [-0.4, -0.2) is 74.8 Å². The van der Waals surface area contributed by atoms with Crippen molar-refractivity contribution >= 4 is 54.0 Å². The summed E-state index contributed by atoms with van der Waals surface area (Å²) < 4.78 is 12.6. The van der Waals surface area contributed by atoms with E-state index in [-0.39, 0.29) is 48.3 Å². The molecule has 0 aliphatic carbocycles. The van der Waals surface area contributed by atoms with Gasteiger partial charge < -0.3 is 29.3 Å². The SMILES string of the molecule is COc1ccc([Si](C)(C)[C@H]2[C@H](CC(=O)N3CCC[C@H]3CO)O[C@@]3(C(=O)N(Cc4cccc(N5CCCCC5=O)c4)c4ccc(Cl)cc43)[C@@H]2C)cc1. The molecule has 1 N–H and O–H groups in total. The molecule has 3 aromatic rings. The van der Waals surface area contributed by atoms with Crippen molar-refractivity contribution in [2.75, 3.05) is 36.6 Å². The van der Waals surface area contributed by atoms with E-state index < -0.39 is 19.8 Å². The van der Waals surface area contributed by atoms with E-state index >= 15 is 4.79 Å². The molecule has 0 unspecified atom stereocenters. The number of halogens is 1. The van der Waals surface area contributed by atoms with Gasteiger partial charge in [-0.25, -0.2) is 0 Å². The maximum absolute atomic E-state index is 15.2. The minimum atomic E-state index is -2.47. The number of anilines is 2. The molecular weight excluding hydrogens is 682 g/mol. The standard InChI is InChI=1S/C40H48ClN3O6Si/c1-26-38(51(3,4)32-16-14-31(49-2)15-17-32)35(23-37(47)43-20-8-11-30(43)25-45)50-40(26)33-22-28(41)13-18-34(33)44(39(40)48)24-27-9-7-10-29(21-27)42-19-6-5-12-36(42)46/h7,9-10,13-18,21-22,26,30,35,38,45H,5-6,8,11-12,19-20,23-25H2,1-4H3/t26-,30+,35+,38-,40+/m1/s1. The quantitative estimate of drug-likeness (QED) is 0.272. The van der Waals surface area contributed by atoms with Crippen LogP contribution in [0.25, 0.3) is 0 Å². The van der Waals surface area contributed by atoms with Crippen molar-refractivity contribution in [1.82, 2.24) is 4.90 Å². The number of amides is 3. The van der Waals surface area contributed by atoms with Crippen molar-refractivity contribution in [3.63, 3.8) is 0 Å². The summed E-state index contributed by atoms with van der Waals surface area (Å²) >= 11 is 6.69. The number of fused-ring (bicyclic) bond motifs is 2. The number of hydrogen-bond donors (Lipinski definition) is 1. The van der Waals surface area contributed by atoms with E-state index in [2.05, 4.69) is 32.2 Å². The third-order valence-corrected chi connectivity index (χ3v) is 16.6. The van der Waals surface area contributed by atoms with Gasteiger partial charge in [0.2, 0.25) is 11.8 Å². The van der Waals surface area contributed by atoms with Crippen LogP contribution in [-0.2, 0) is 31.3 Å². The number of ether oxygens (including phenoxy) is 2. The first-order valence-corrected chi connectivity index (χ1v) is 21.7. The lowest BCUT2D eigenvalue weighted by Gasteiger charge is -2.37. The van der Waals surface area contributed by atoms with Crippen LogP contribution in [0.15, 0.2) is 66.7 Å². The smallest absolute Gasteiger partial charge is 0.264 e. The van der Waals surface area contributed by atoms with Crippen molar-refractivity contribution in [1.29, 1.82) is 0 Å². The third kappa shape index (κ3) is 6.17. The first kappa shape index (κ1) is 35.7. The fourth-order valence-corrected chi connectivity index (χ4v) is 13.6. The van der Waals surface area contributed by atoms with Gasteiger partial charge in [-0.3, -0.25) is 14.4 Å². The zero-order chi connectivity index (χ0) is 36.1. The molecule has 7 rings (SSSR count). The number of piperidine rings is 1. The second kappa shape index (κ2) is 14.0. The lowest BCUT2D eigenvalue weighted by Crippen LogP contribution is -2.52. The Labute approximate surface area is 306 Å². The number of aliphatic hydroxyl groups is 1. The first-order chi connectivity index (χ1) is 24.5. The van der Waals surface area contributed by atoms with Crippen molar-refractivity contribution in [3.8, 4) is 5.75 Å². The van der Waals surface area contributed by atoms with Gasteiger partial charge in [0.1, 0.15) is 5.75 Å². The number of methoxy groups -OCH3 is 1. The van der Waals surface area contributed by atoms with Crippen LogP contribution >= 0.6 is 11.6 Å². The number of hydrogen-bond acceptors (Lipinski definition) is 6. The molecule has 3 aromatic carbocycles. The molecule has 0 bridgehead atoms.